The Kier molecular flexibility index (Phi) is 7.69. The van der Waals surface area contributed by atoms with Gasteiger partial charge in [-0.2, -0.15) is 0 Å². The second-order valence-electron chi connectivity index (χ2n) is 7.76. The van der Waals surface area contributed by atoms with E-state index >= 15 is 0 Å². The van der Waals surface area contributed by atoms with Crippen molar-refractivity contribution < 1.29 is 29.1 Å². The van der Waals surface area contributed by atoms with E-state index in [-0.39, 0.29) is 16.5 Å². The highest BCUT2D eigenvalue weighted by Gasteiger charge is 2.36. The number of hydrogen-bond donors (Lipinski definition) is 4. The molecule has 0 aliphatic carbocycles. The third kappa shape index (κ3) is 7.31. The molecule has 1 heterocycles. The van der Waals surface area contributed by atoms with Gasteiger partial charge in [0.2, 0.25) is 5.60 Å². The highest BCUT2D eigenvalue weighted by molar-refractivity contribution is 7.13. The van der Waals surface area contributed by atoms with Gasteiger partial charge in [-0.05, 0) is 41.5 Å². The second kappa shape index (κ2) is 9.18. The molecule has 0 unspecified atom stereocenters. The number of carboxylic acid groups (broad SMARTS) is 1. The van der Waals surface area contributed by atoms with Gasteiger partial charge >= 0.3 is 11.9 Å². The summed E-state index contributed by atoms with van der Waals surface area (Å²) in [5, 5.41) is 16.9. The average Bonchev–Trinajstić information content (AvgIpc) is 2.96. The van der Waals surface area contributed by atoms with E-state index in [0.29, 0.717) is 0 Å². The normalized spacial score (nSPS) is 14.7. The van der Waals surface area contributed by atoms with Gasteiger partial charge in [-0.15, -0.1) is 11.3 Å². The number of aromatic nitrogens is 1. The highest BCUT2D eigenvalue weighted by atomic mass is 32.1. The van der Waals surface area contributed by atoms with E-state index in [0.717, 1.165) is 11.3 Å². The van der Waals surface area contributed by atoms with Gasteiger partial charge in [-0.1, -0.05) is 5.16 Å². The minimum absolute atomic E-state index is 0.0544. The molecule has 12 heteroatoms. The number of carbonyl (C=O) groups is 3. The highest BCUT2D eigenvalue weighted by Crippen LogP contribution is 2.19. The van der Waals surface area contributed by atoms with Crippen molar-refractivity contribution in [2.45, 2.75) is 64.8 Å². The number of aliphatic carboxylic acids is 1. The number of nitrogens with one attached hydrogen (secondary N) is 1. The van der Waals surface area contributed by atoms with Gasteiger partial charge in [0.15, 0.2) is 10.8 Å². The van der Waals surface area contributed by atoms with Crippen molar-refractivity contribution in [2.24, 2.45) is 10.9 Å². The number of carboxylic acids is 1. The SMILES string of the molecule is C[C@H](N)[C@H](NC(=O)/C(=N\OC(C)(C)C(=O)OC(C)(C)C)c1csc(N)n1)C(=O)O. The van der Waals surface area contributed by atoms with Crippen molar-refractivity contribution in [3.05, 3.63) is 11.1 Å². The summed E-state index contributed by atoms with van der Waals surface area (Å²) in [6.45, 7) is 9.34. The maximum absolute atomic E-state index is 12.7. The summed E-state index contributed by atoms with van der Waals surface area (Å²) in [6, 6.07) is -2.25. The summed E-state index contributed by atoms with van der Waals surface area (Å²) < 4.78 is 5.27. The molecule has 2 atom stereocenters. The third-order valence-electron chi connectivity index (χ3n) is 3.31. The lowest BCUT2D eigenvalue weighted by atomic mass is 10.1. The summed E-state index contributed by atoms with van der Waals surface area (Å²) >= 11 is 1.05. The Hall–Kier alpha value is -2.73. The van der Waals surface area contributed by atoms with E-state index in [4.69, 9.17) is 21.0 Å². The van der Waals surface area contributed by atoms with Gasteiger partial charge in [0.1, 0.15) is 17.3 Å². The maximum atomic E-state index is 12.7. The lowest BCUT2D eigenvalue weighted by molar-refractivity contribution is -0.179. The zero-order valence-electron chi connectivity index (χ0n) is 17.2. The van der Waals surface area contributed by atoms with Gasteiger partial charge in [0, 0.05) is 11.4 Å². The van der Waals surface area contributed by atoms with Crippen molar-refractivity contribution in [1.82, 2.24) is 10.3 Å². The van der Waals surface area contributed by atoms with Gasteiger partial charge in [0.25, 0.3) is 5.91 Å². The molecular formula is C17H27N5O6S. The van der Waals surface area contributed by atoms with Crippen LogP contribution in [0, 0.1) is 0 Å². The van der Waals surface area contributed by atoms with Gasteiger partial charge in [-0.3, -0.25) is 4.79 Å². The first-order valence-electron chi connectivity index (χ1n) is 8.64. The molecular weight excluding hydrogens is 402 g/mol. The number of thiazole rings is 1. The number of anilines is 1. The van der Waals surface area contributed by atoms with Crippen LogP contribution in [0.15, 0.2) is 10.5 Å². The number of rotatable bonds is 8. The molecule has 0 radical (unpaired) electrons. The molecule has 162 valence electrons. The van der Waals surface area contributed by atoms with Crippen LogP contribution >= 0.6 is 11.3 Å². The van der Waals surface area contributed by atoms with Gasteiger partial charge in [-0.25, -0.2) is 14.6 Å². The zero-order valence-corrected chi connectivity index (χ0v) is 18.0. The number of oxime groups is 1. The molecule has 0 aliphatic rings. The molecule has 0 saturated carbocycles. The number of amides is 1. The molecule has 0 bridgehead atoms. The lowest BCUT2D eigenvalue weighted by Gasteiger charge is -2.27. The summed E-state index contributed by atoms with van der Waals surface area (Å²) in [5.74, 6) is -2.93. The quantitative estimate of drug-likeness (QED) is 0.260. The molecule has 29 heavy (non-hydrogen) atoms. The summed E-state index contributed by atoms with van der Waals surface area (Å²) in [5.41, 5.74) is 8.62. The van der Waals surface area contributed by atoms with Crippen LogP contribution in [0.25, 0.3) is 0 Å². The van der Waals surface area contributed by atoms with Crippen LogP contribution in [0.3, 0.4) is 0 Å². The van der Waals surface area contributed by atoms with Crippen LogP contribution in [-0.4, -0.2) is 56.9 Å². The number of nitrogen functional groups attached to an aromatic ring is 1. The minimum Gasteiger partial charge on any atom is -0.480 e. The average molecular weight is 429 g/mol. The molecule has 11 nitrogen and oxygen atoms in total. The van der Waals surface area contributed by atoms with E-state index in [1.165, 1.54) is 26.2 Å². The maximum Gasteiger partial charge on any atom is 0.353 e. The summed E-state index contributed by atoms with van der Waals surface area (Å²) in [7, 11) is 0. The van der Waals surface area contributed by atoms with Crippen LogP contribution in [0.4, 0.5) is 5.13 Å². The topological polar surface area (TPSA) is 179 Å². The van der Waals surface area contributed by atoms with Crippen molar-refractivity contribution in [1.29, 1.82) is 0 Å². The second-order valence-corrected chi connectivity index (χ2v) is 8.65. The smallest absolute Gasteiger partial charge is 0.353 e. The Labute approximate surface area is 172 Å². The Morgan fingerprint density at radius 2 is 1.86 bits per heavy atom. The zero-order chi connectivity index (χ0) is 22.6. The molecule has 6 N–H and O–H groups in total. The van der Waals surface area contributed by atoms with Gasteiger partial charge < -0.3 is 31.5 Å². The monoisotopic (exact) mass is 429 g/mol. The molecule has 0 aromatic carbocycles. The fraction of sp³-hybridized carbons (Fsp3) is 0.588. The number of ether oxygens (including phenoxy) is 1. The molecule has 0 saturated heterocycles. The number of hydrogen-bond acceptors (Lipinski definition) is 10. The van der Waals surface area contributed by atoms with Crippen molar-refractivity contribution in [3.8, 4) is 0 Å². The van der Waals surface area contributed by atoms with Crippen LogP contribution in [0.1, 0.15) is 47.2 Å². The van der Waals surface area contributed by atoms with Crippen LogP contribution in [0.5, 0.6) is 0 Å². The molecule has 0 aliphatic heterocycles. The Morgan fingerprint density at radius 1 is 1.28 bits per heavy atom. The van der Waals surface area contributed by atoms with Crippen molar-refractivity contribution in [3.63, 3.8) is 0 Å². The fourth-order valence-electron chi connectivity index (χ4n) is 1.83. The lowest BCUT2D eigenvalue weighted by Crippen LogP contribution is -2.53. The molecule has 0 fully saturated rings. The summed E-state index contributed by atoms with van der Waals surface area (Å²) in [4.78, 5) is 45.5. The molecule has 1 rings (SSSR count). The Morgan fingerprint density at radius 3 is 2.28 bits per heavy atom. The predicted octanol–water partition coefficient (Wildman–Crippen LogP) is 0.483. The first kappa shape index (κ1) is 24.3. The standard InChI is InChI=1S/C17H27N5O6S/c1-8(18)10(13(24)25)21-12(23)11(9-7-29-15(19)20-9)22-28-17(5,6)14(26)27-16(2,3)4/h7-8,10H,18H2,1-6H3,(H2,19,20)(H,21,23)(H,24,25)/b22-11-/t8-,10-/m0/s1. The van der Waals surface area contributed by atoms with E-state index in [9.17, 15) is 19.5 Å². The summed E-state index contributed by atoms with van der Waals surface area (Å²) in [6.07, 6.45) is 0. The van der Waals surface area contributed by atoms with E-state index in [2.05, 4.69) is 15.5 Å². The first-order valence-corrected chi connectivity index (χ1v) is 9.52. The van der Waals surface area contributed by atoms with E-state index in [1.807, 2.05) is 0 Å². The number of nitrogens with zero attached hydrogens (tertiary/aromatic N) is 2. The predicted molar refractivity (Wildman–Crippen MR) is 107 cm³/mol. The van der Waals surface area contributed by atoms with E-state index in [1.54, 1.807) is 20.8 Å². The van der Waals surface area contributed by atoms with Crippen LogP contribution in [-0.2, 0) is 24.0 Å². The van der Waals surface area contributed by atoms with Crippen molar-refractivity contribution in [2.75, 3.05) is 5.73 Å². The third-order valence-corrected chi connectivity index (χ3v) is 3.99. The minimum atomic E-state index is -1.53. The van der Waals surface area contributed by atoms with E-state index < -0.39 is 41.1 Å². The van der Waals surface area contributed by atoms with Gasteiger partial charge in [0.05, 0.1) is 0 Å². The van der Waals surface area contributed by atoms with Crippen molar-refractivity contribution >= 4 is 40.0 Å². The molecule has 1 aromatic heterocycles. The Balaban J connectivity index is 3.17. The largest absolute Gasteiger partial charge is 0.480 e. The molecule has 0 spiro atoms. The van der Waals surface area contributed by atoms with Crippen LogP contribution in [0.2, 0.25) is 0 Å². The van der Waals surface area contributed by atoms with Crippen LogP contribution < -0.4 is 16.8 Å². The molecule has 1 amide bonds. The number of esters is 1. The fourth-order valence-corrected chi connectivity index (χ4v) is 2.37. The number of carbonyl (C=O) groups excluding carboxylic acids is 2. The number of nitrogens with two attached hydrogens (primary N) is 2. The Bertz CT molecular complexity index is 796. The first-order chi connectivity index (χ1) is 13.1. The molecule has 1 aromatic rings.